The molecule has 1 amide bonds. The number of hydrogen-bond donors (Lipinski definition) is 2. The summed E-state index contributed by atoms with van der Waals surface area (Å²) in [6, 6.07) is 4.04. The minimum absolute atomic E-state index is 0.196. The quantitative estimate of drug-likeness (QED) is 0.907. The molecule has 1 saturated carbocycles. The molecule has 1 fully saturated rings. The van der Waals surface area contributed by atoms with E-state index in [-0.39, 0.29) is 5.91 Å². The number of carbonyl (C=O) groups is 1. The first kappa shape index (κ1) is 13.9. The first-order chi connectivity index (χ1) is 10.1. The molecule has 2 aromatic heterocycles. The van der Waals surface area contributed by atoms with Crippen LogP contribution in [0.3, 0.4) is 0 Å². The molecule has 6 heteroatoms. The molecule has 21 heavy (non-hydrogen) atoms. The lowest BCUT2D eigenvalue weighted by molar-refractivity contribution is 0.102. The van der Waals surface area contributed by atoms with Crippen molar-refractivity contribution in [2.45, 2.75) is 51.5 Å². The fraction of sp³-hybridized carbons (Fsp3) is 0.533. The second-order valence-corrected chi connectivity index (χ2v) is 5.92. The van der Waals surface area contributed by atoms with Gasteiger partial charge in [0, 0.05) is 11.8 Å². The van der Waals surface area contributed by atoms with E-state index in [1.165, 1.54) is 12.8 Å². The average molecular weight is 287 g/mol. The average Bonchev–Trinajstić information content (AvgIpc) is 3.19. The number of hydrogen-bond acceptors (Lipinski definition) is 3. The van der Waals surface area contributed by atoms with Crippen molar-refractivity contribution in [1.82, 2.24) is 20.0 Å². The third kappa shape index (κ3) is 2.84. The molecule has 1 aliphatic carbocycles. The van der Waals surface area contributed by atoms with Gasteiger partial charge in [0.15, 0.2) is 5.69 Å². The van der Waals surface area contributed by atoms with Crippen LogP contribution in [0.4, 0.5) is 5.82 Å². The van der Waals surface area contributed by atoms with Gasteiger partial charge in [-0.3, -0.25) is 9.89 Å². The van der Waals surface area contributed by atoms with Crippen molar-refractivity contribution in [3.63, 3.8) is 0 Å². The number of H-pyrrole nitrogens is 1. The van der Waals surface area contributed by atoms with E-state index in [1.807, 2.05) is 10.7 Å². The van der Waals surface area contributed by atoms with Crippen LogP contribution in [0, 0.1) is 0 Å². The normalized spacial score (nSPS) is 15.8. The van der Waals surface area contributed by atoms with E-state index in [9.17, 15) is 4.79 Å². The Labute approximate surface area is 123 Å². The summed E-state index contributed by atoms with van der Waals surface area (Å²) in [5.41, 5.74) is 1.38. The van der Waals surface area contributed by atoms with Crippen LogP contribution in [-0.4, -0.2) is 25.9 Å². The highest BCUT2D eigenvalue weighted by Crippen LogP contribution is 2.31. The minimum Gasteiger partial charge on any atom is -0.305 e. The van der Waals surface area contributed by atoms with Gasteiger partial charge in [0.05, 0.1) is 12.2 Å². The molecule has 0 unspecified atom stereocenters. The molecular formula is C15H21N5O. The number of aromatic amines is 1. The SMILES string of the molecule is CC(C)c1cc(C(=O)Nc2ccnn2C2CCCC2)n[nH]1. The van der Waals surface area contributed by atoms with Crippen molar-refractivity contribution in [3.8, 4) is 0 Å². The molecule has 112 valence electrons. The second kappa shape index (κ2) is 5.71. The molecule has 2 N–H and O–H groups in total. The third-order valence-corrected chi connectivity index (χ3v) is 4.03. The van der Waals surface area contributed by atoms with Crippen molar-refractivity contribution in [1.29, 1.82) is 0 Å². The standard InChI is InChI=1S/C15H21N5O/c1-10(2)12-9-13(19-18-12)15(21)17-14-7-8-16-20(14)11-5-3-4-6-11/h7-11H,3-6H2,1-2H3,(H,17,21)(H,18,19). The van der Waals surface area contributed by atoms with Crippen LogP contribution in [0.15, 0.2) is 18.3 Å². The van der Waals surface area contributed by atoms with E-state index in [0.717, 1.165) is 24.4 Å². The maximum atomic E-state index is 12.3. The van der Waals surface area contributed by atoms with Crippen molar-refractivity contribution in [2.75, 3.05) is 5.32 Å². The van der Waals surface area contributed by atoms with Crippen LogP contribution >= 0.6 is 0 Å². The van der Waals surface area contributed by atoms with Crippen molar-refractivity contribution < 1.29 is 4.79 Å². The van der Waals surface area contributed by atoms with Crippen LogP contribution in [-0.2, 0) is 0 Å². The molecule has 0 bridgehead atoms. The molecule has 3 rings (SSSR count). The summed E-state index contributed by atoms with van der Waals surface area (Å²) in [6.45, 7) is 4.12. The second-order valence-electron chi connectivity index (χ2n) is 5.92. The van der Waals surface area contributed by atoms with Gasteiger partial charge < -0.3 is 5.32 Å². The van der Waals surface area contributed by atoms with Gasteiger partial charge in [-0.15, -0.1) is 0 Å². The lowest BCUT2D eigenvalue weighted by atomic mass is 10.1. The van der Waals surface area contributed by atoms with Crippen molar-refractivity contribution in [2.24, 2.45) is 0 Å². The Morgan fingerprint density at radius 1 is 1.43 bits per heavy atom. The van der Waals surface area contributed by atoms with Crippen LogP contribution in [0.25, 0.3) is 0 Å². The van der Waals surface area contributed by atoms with Crippen LogP contribution in [0.1, 0.15) is 67.7 Å². The summed E-state index contributed by atoms with van der Waals surface area (Å²) in [5.74, 6) is 0.877. The summed E-state index contributed by atoms with van der Waals surface area (Å²) >= 11 is 0. The smallest absolute Gasteiger partial charge is 0.277 e. The van der Waals surface area contributed by atoms with E-state index in [2.05, 4.69) is 34.5 Å². The van der Waals surface area contributed by atoms with Crippen LogP contribution in [0.5, 0.6) is 0 Å². The number of carbonyl (C=O) groups excluding carboxylic acids is 1. The summed E-state index contributed by atoms with van der Waals surface area (Å²) in [6.07, 6.45) is 6.46. The Balaban J connectivity index is 1.74. The molecular weight excluding hydrogens is 266 g/mol. The van der Waals surface area contributed by atoms with Gasteiger partial charge in [0.25, 0.3) is 5.91 Å². The molecule has 6 nitrogen and oxygen atoms in total. The van der Waals surface area contributed by atoms with Crippen molar-refractivity contribution in [3.05, 3.63) is 29.7 Å². The minimum atomic E-state index is -0.196. The first-order valence-corrected chi connectivity index (χ1v) is 7.55. The lowest BCUT2D eigenvalue weighted by Crippen LogP contribution is -2.18. The molecule has 0 aliphatic heterocycles. The Kier molecular flexibility index (Phi) is 3.77. The highest BCUT2D eigenvalue weighted by atomic mass is 16.2. The summed E-state index contributed by atoms with van der Waals surface area (Å²) in [7, 11) is 0. The van der Waals surface area contributed by atoms with Gasteiger partial charge >= 0.3 is 0 Å². The zero-order valence-electron chi connectivity index (χ0n) is 12.5. The number of anilines is 1. The van der Waals surface area contributed by atoms with Gasteiger partial charge in [0.1, 0.15) is 5.82 Å². The molecule has 0 atom stereocenters. The highest BCUT2D eigenvalue weighted by Gasteiger charge is 2.21. The predicted octanol–water partition coefficient (Wildman–Crippen LogP) is 3.10. The fourth-order valence-electron chi connectivity index (χ4n) is 2.78. The number of amides is 1. The van der Waals surface area contributed by atoms with Crippen LogP contribution in [0.2, 0.25) is 0 Å². The van der Waals surface area contributed by atoms with E-state index in [1.54, 1.807) is 12.3 Å². The Morgan fingerprint density at radius 2 is 2.19 bits per heavy atom. The van der Waals surface area contributed by atoms with Crippen LogP contribution < -0.4 is 5.32 Å². The number of nitrogens with one attached hydrogen (secondary N) is 2. The Morgan fingerprint density at radius 3 is 2.86 bits per heavy atom. The van der Waals surface area contributed by atoms with Gasteiger partial charge in [-0.2, -0.15) is 10.2 Å². The Hall–Kier alpha value is -2.11. The number of rotatable bonds is 4. The molecule has 0 saturated heterocycles. The summed E-state index contributed by atoms with van der Waals surface area (Å²) in [5, 5.41) is 14.2. The molecule has 2 aromatic rings. The van der Waals surface area contributed by atoms with Crippen molar-refractivity contribution >= 4 is 11.7 Å². The monoisotopic (exact) mass is 287 g/mol. The van der Waals surface area contributed by atoms with E-state index in [0.29, 0.717) is 17.7 Å². The first-order valence-electron chi connectivity index (χ1n) is 7.55. The topological polar surface area (TPSA) is 75.6 Å². The van der Waals surface area contributed by atoms with E-state index < -0.39 is 0 Å². The third-order valence-electron chi connectivity index (χ3n) is 4.03. The zero-order chi connectivity index (χ0) is 14.8. The van der Waals surface area contributed by atoms with Gasteiger partial charge in [0.2, 0.25) is 0 Å². The predicted molar refractivity (Wildman–Crippen MR) is 80.4 cm³/mol. The molecule has 0 radical (unpaired) electrons. The highest BCUT2D eigenvalue weighted by molar-refractivity contribution is 6.02. The van der Waals surface area contributed by atoms with Gasteiger partial charge in [-0.05, 0) is 24.8 Å². The maximum absolute atomic E-state index is 12.3. The molecule has 1 aliphatic rings. The zero-order valence-corrected chi connectivity index (χ0v) is 12.5. The molecule has 0 spiro atoms. The number of aromatic nitrogens is 4. The molecule has 0 aromatic carbocycles. The lowest BCUT2D eigenvalue weighted by Gasteiger charge is -2.14. The summed E-state index contributed by atoms with van der Waals surface area (Å²) < 4.78 is 1.93. The number of nitrogens with zero attached hydrogens (tertiary/aromatic N) is 3. The van der Waals surface area contributed by atoms with Gasteiger partial charge in [-0.25, -0.2) is 4.68 Å². The fourth-order valence-corrected chi connectivity index (χ4v) is 2.78. The Bertz CT molecular complexity index is 622. The molecule has 2 heterocycles. The maximum Gasteiger partial charge on any atom is 0.277 e. The van der Waals surface area contributed by atoms with E-state index in [4.69, 9.17) is 0 Å². The summed E-state index contributed by atoms with van der Waals surface area (Å²) in [4.78, 5) is 12.3. The largest absolute Gasteiger partial charge is 0.305 e. The van der Waals surface area contributed by atoms with Gasteiger partial charge in [-0.1, -0.05) is 26.7 Å². The van der Waals surface area contributed by atoms with E-state index >= 15 is 0 Å².